The Morgan fingerprint density at radius 1 is 1.25 bits per heavy atom. The third-order valence-corrected chi connectivity index (χ3v) is 2.87. The Hall–Kier alpha value is -1.91. The van der Waals surface area contributed by atoms with E-state index in [0.29, 0.717) is 11.3 Å². The maximum Gasteiger partial charge on any atom is 0.246 e. The number of amides is 2. The summed E-state index contributed by atoms with van der Waals surface area (Å²) < 4.78 is 13.0. The standard InChI is InChI=1S/C15H21FN2O2/c1-9-8-11(16)6-7-12(9)18-13(19)10(2)17-14(20)15(3,4)5/h6-8,10H,1-5H3,(H,17,20)(H,18,19)/t10-/m0/s1. The Bertz CT molecular complexity index is 521. The largest absolute Gasteiger partial charge is 0.344 e. The van der Waals surface area contributed by atoms with Crippen molar-refractivity contribution in [2.45, 2.75) is 40.7 Å². The van der Waals surface area contributed by atoms with Crippen molar-refractivity contribution in [3.63, 3.8) is 0 Å². The van der Waals surface area contributed by atoms with Gasteiger partial charge in [-0.25, -0.2) is 4.39 Å². The fraction of sp³-hybridized carbons (Fsp3) is 0.467. The van der Waals surface area contributed by atoms with Gasteiger partial charge in [-0.2, -0.15) is 0 Å². The summed E-state index contributed by atoms with van der Waals surface area (Å²) in [6, 6.07) is 3.46. The molecule has 1 aromatic rings. The molecule has 0 aromatic heterocycles. The number of halogens is 1. The van der Waals surface area contributed by atoms with E-state index in [2.05, 4.69) is 10.6 Å². The third-order valence-electron chi connectivity index (χ3n) is 2.87. The maximum atomic E-state index is 13.0. The van der Waals surface area contributed by atoms with Crippen molar-refractivity contribution >= 4 is 17.5 Å². The highest BCUT2D eigenvalue weighted by Gasteiger charge is 2.25. The van der Waals surface area contributed by atoms with Crippen LogP contribution in [0.1, 0.15) is 33.3 Å². The van der Waals surface area contributed by atoms with Gasteiger partial charge in [0, 0.05) is 11.1 Å². The lowest BCUT2D eigenvalue weighted by Gasteiger charge is -2.21. The number of benzene rings is 1. The second kappa shape index (κ2) is 6.03. The lowest BCUT2D eigenvalue weighted by atomic mass is 9.95. The van der Waals surface area contributed by atoms with Crippen LogP contribution in [-0.2, 0) is 9.59 Å². The highest BCUT2D eigenvalue weighted by atomic mass is 19.1. The first-order valence-corrected chi connectivity index (χ1v) is 6.49. The summed E-state index contributed by atoms with van der Waals surface area (Å²) >= 11 is 0. The number of nitrogens with one attached hydrogen (secondary N) is 2. The van der Waals surface area contributed by atoms with Crippen LogP contribution < -0.4 is 10.6 Å². The molecule has 0 heterocycles. The summed E-state index contributed by atoms with van der Waals surface area (Å²) in [7, 11) is 0. The second-order valence-electron chi connectivity index (χ2n) is 5.89. The molecule has 0 bridgehead atoms. The molecule has 0 fully saturated rings. The molecule has 0 aliphatic rings. The summed E-state index contributed by atoms with van der Waals surface area (Å²) in [6.45, 7) is 8.64. The first-order chi connectivity index (χ1) is 9.11. The lowest BCUT2D eigenvalue weighted by molar-refractivity contribution is -0.131. The molecule has 0 radical (unpaired) electrons. The van der Waals surface area contributed by atoms with Gasteiger partial charge in [0.2, 0.25) is 11.8 Å². The van der Waals surface area contributed by atoms with Crippen LogP contribution in [0.4, 0.5) is 10.1 Å². The van der Waals surface area contributed by atoms with Crippen molar-refractivity contribution in [2.24, 2.45) is 5.41 Å². The molecule has 4 nitrogen and oxygen atoms in total. The SMILES string of the molecule is Cc1cc(F)ccc1NC(=O)[C@H](C)NC(=O)C(C)(C)C. The van der Waals surface area contributed by atoms with E-state index < -0.39 is 11.5 Å². The van der Waals surface area contributed by atoms with Gasteiger partial charge in [0.05, 0.1) is 0 Å². The van der Waals surface area contributed by atoms with Crippen LogP contribution in [0.3, 0.4) is 0 Å². The normalized spacial score (nSPS) is 12.7. The molecule has 1 rings (SSSR count). The van der Waals surface area contributed by atoms with Crippen molar-refractivity contribution < 1.29 is 14.0 Å². The van der Waals surface area contributed by atoms with E-state index in [0.717, 1.165) is 0 Å². The molecule has 1 aromatic carbocycles. The van der Waals surface area contributed by atoms with Gasteiger partial charge in [-0.05, 0) is 37.6 Å². The third kappa shape index (κ3) is 4.33. The number of hydrogen-bond acceptors (Lipinski definition) is 2. The summed E-state index contributed by atoms with van der Waals surface area (Å²) in [5.74, 6) is -0.886. The molecule has 0 saturated carbocycles. The Morgan fingerprint density at radius 2 is 1.85 bits per heavy atom. The van der Waals surface area contributed by atoms with E-state index in [1.807, 2.05) is 0 Å². The van der Waals surface area contributed by atoms with E-state index in [4.69, 9.17) is 0 Å². The Labute approximate surface area is 118 Å². The Kier molecular flexibility index (Phi) is 4.87. The number of anilines is 1. The molecule has 0 spiro atoms. The van der Waals surface area contributed by atoms with Crippen LogP contribution in [0.2, 0.25) is 0 Å². The first-order valence-electron chi connectivity index (χ1n) is 6.49. The van der Waals surface area contributed by atoms with Crippen molar-refractivity contribution in [1.29, 1.82) is 0 Å². The fourth-order valence-electron chi connectivity index (χ4n) is 1.49. The van der Waals surface area contributed by atoms with Gasteiger partial charge in [-0.3, -0.25) is 9.59 Å². The number of rotatable bonds is 3. The van der Waals surface area contributed by atoms with Gasteiger partial charge in [0.1, 0.15) is 11.9 Å². The zero-order valence-corrected chi connectivity index (χ0v) is 12.5. The molecule has 0 aliphatic carbocycles. The highest BCUT2D eigenvalue weighted by Crippen LogP contribution is 2.16. The molecule has 0 aliphatic heterocycles. The highest BCUT2D eigenvalue weighted by molar-refractivity contribution is 5.97. The second-order valence-corrected chi connectivity index (χ2v) is 5.89. The van der Waals surface area contributed by atoms with E-state index >= 15 is 0 Å². The minimum Gasteiger partial charge on any atom is -0.344 e. The number of hydrogen-bond donors (Lipinski definition) is 2. The maximum absolute atomic E-state index is 13.0. The molecule has 0 saturated heterocycles. The Balaban J connectivity index is 2.69. The summed E-state index contributed by atoms with van der Waals surface area (Å²) in [5, 5.41) is 5.32. The Morgan fingerprint density at radius 3 is 2.35 bits per heavy atom. The van der Waals surface area contributed by atoms with Gasteiger partial charge in [0.25, 0.3) is 0 Å². The minimum atomic E-state index is -0.661. The molecular weight excluding hydrogens is 259 g/mol. The summed E-state index contributed by atoms with van der Waals surface area (Å²) in [4.78, 5) is 23.8. The molecule has 5 heteroatoms. The fourth-order valence-corrected chi connectivity index (χ4v) is 1.49. The van der Waals surface area contributed by atoms with Gasteiger partial charge in [-0.1, -0.05) is 20.8 Å². The van der Waals surface area contributed by atoms with E-state index in [9.17, 15) is 14.0 Å². The number of aryl methyl sites for hydroxylation is 1. The average molecular weight is 280 g/mol. The van der Waals surface area contributed by atoms with Crippen molar-refractivity contribution in [2.75, 3.05) is 5.32 Å². The van der Waals surface area contributed by atoms with Crippen LogP contribution in [0.25, 0.3) is 0 Å². The van der Waals surface area contributed by atoms with Crippen molar-refractivity contribution in [1.82, 2.24) is 5.32 Å². The number of carbonyl (C=O) groups is 2. The van der Waals surface area contributed by atoms with Crippen molar-refractivity contribution in [3.05, 3.63) is 29.6 Å². The lowest BCUT2D eigenvalue weighted by Crippen LogP contribution is -2.46. The van der Waals surface area contributed by atoms with Crippen LogP contribution in [0.5, 0.6) is 0 Å². The average Bonchev–Trinajstić information content (AvgIpc) is 2.31. The topological polar surface area (TPSA) is 58.2 Å². The predicted molar refractivity (Wildman–Crippen MR) is 76.8 cm³/mol. The monoisotopic (exact) mass is 280 g/mol. The van der Waals surface area contributed by atoms with E-state index in [1.165, 1.54) is 18.2 Å². The zero-order valence-electron chi connectivity index (χ0n) is 12.5. The predicted octanol–water partition coefficient (Wildman–Crippen LogP) is 2.62. The molecule has 0 unspecified atom stereocenters. The van der Waals surface area contributed by atoms with Crippen molar-refractivity contribution in [3.8, 4) is 0 Å². The summed E-state index contributed by atoms with van der Waals surface area (Å²) in [5.41, 5.74) is 0.612. The molecule has 110 valence electrons. The smallest absolute Gasteiger partial charge is 0.246 e. The number of carbonyl (C=O) groups excluding carboxylic acids is 2. The zero-order chi connectivity index (χ0) is 15.5. The van der Waals surface area contributed by atoms with Crippen LogP contribution in [0.15, 0.2) is 18.2 Å². The van der Waals surface area contributed by atoms with E-state index in [-0.39, 0.29) is 17.6 Å². The van der Waals surface area contributed by atoms with Gasteiger partial charge in [-0.15, -0.1) is 0 Å². The molecule has 1 atom stereocenters. The molecule has 2 amide bonds. The van der Waals surface area contributed by atoms with Crippen LogP contribution in [-0.4, -0.2) is 17.9 Å². The molecular formula is C15H21FN2O2. The van der Waals surface area contributed by atoms with E-state index in [1.54, 1.807) is 34.6 Å². The molecule has 20 heavy (non-hydrogen) atoms. The van der Waals surface area contributed by atoms with Gasteiger partial charge in [0.15, 0.2) is 0 Å². The summed E-state index contributed by atoms with van der Waals surface area (Å²) in [6.07, 6.45) is 0. The van der Waals surface area contributed by atoms with Gasteiger partial charge < -0.3 is 10.6 Å². The minimum absolute atomic E-state index is 0.198. The van der Waals surface area contributed by atoms with Crippen LogP contribution >= 0.6 is 0 Å². The van der Waals surface area contributed by atoms with Crippen LogP contribution in [0, 0.1) is 18.2 Å². The molecule has 2 N–H and O–H groups in total. The van der Waals surface area contributed by atoms with Gasteiger partial charge >= 0.3 is 0 Å². The first kappa shape index (κ1) is 16.1. The quantitative estimate of drug-likeness (QED) is 0.894.